The minimum absolute atomic E-state index is 0.0552. The number of amides is 4. The molecule has 0 aromatic heterocycles. The van der Waals surface area contributed by atoms with Crippen molar-refractivity contribution in [3.8, 4) is 0 Å². The van der Waals surface area contributed by atoms with Crippen molar-refractivity contribution in [2.24, 2.45) is 0 Å². The Morgan fingerprint density at radius 3 is 2.56 bits per heavy atom. The molecule has 144 valence electrons. The van der Waals surface area contributed by atoms with Crippen LogP contribution < -0.4 is 10.6 Å². The topological polar surface area (TPSA) is 95.6 Å². The van der Waals surface area contributed by atoms with E-state index in [2.05, 4.69) is 10.6 Å². The molecule has 2 aliphatic rings. The first kappa shape index (κ1) is 19.7. The van der Waals surface area contributed by atoms with E-state index in [9.17, 15) is 19.2 Å². The maximum Gasteiger partial charge on any atom is 0.263 e. The Hall–Kier alpha value is -2.06. The molecule has 0 atom stereocenters. The Bertz CT molecular complexity index is 782. The minimum Gasteiger partial charge on any atom is -0.354 e. The molecule has 1 aliphatic heterocycles. The van der Waals surface area contributed by atoms with E-state index in [0.717, 1.165) is 24.2 Å². The predicted octanol–water partition coefficient (Wildman–Crippen LogP) is 1.45. The fraction of sp³-hybridized carbons (Fsp3) is 0.444. The van der Waals surface area contributed by atoms with Crippen molar-refractivity contribution >= 4 is 47.0 Å². The van der Waals surface area contributed by atoms with E-state index in [1.807, 2.05) is 0 Å². The third-order valence-electron chi connectivity index (χ3n) is 4.54. The fourth-order valence-corrected chi connectivity index (χ4v) is 3.83. The Balaban J connectivity index is 1.36. The van der Waals surface area contributed by atoms with Gasteiger partial charge in [0.15, 0.2) is 0 Å². The lowest BCUT2D eigenvalue weighted by atomic mass is 9.93. The molecule has 1 saturated carbocycles. The van der Waals surface area contributed by atoms with Crippen LogP contribution in [0.15, 0.2) is 18.2 Å². The van der Waals surface area contributed by atoms with Gasteiger partial charge in [-0.05, 0) is 31.4 Å². The maximum absolute atomic E-state index is 12.3. The summed E-state index contributed by atoms with van der Waals surface area (Å²) < 4.78 is 0. The van der Waals surface area contributed by atoms with Gasteiger partial charge < -0.3 is 10.6 Å². The van der Waals surface area contributed by atoms with Crippen molar-refractivity contribution in [2.75, 3.05) is 24.6 Å². The molecule has 1 aliphatic carbocycles. The van der Waals surface area contributed by atoms with Gasteiger partial charge in [0.05, 0.1) is 27.7 Å². The summed E-state index contributed by atoms with van der Waals surface area (Å²) in [5.41, 5.74) is 0.496. The van der Waals surface area contributed by atoms with Crippen LogP contribution in [0.4, 0.5) is 0 Å². The van der Waals surface area contributed by atoms with Crippen molar-refractivity contribution in [1.82, 2.24) is 15.5 Å². The molecule has 3 rings (SSSR count). The fourth-order valence-electron chi connectivity index (χ4n) is 2.91. The van der Waals surface area contributed by atoms with Gasteiger partial charge in [-0.1, -0.05) is 17.7 Å². The van der Waals surface area contributed by atoms with Crippen molar-refractivity contribution in [2.45, 2.75) is 25.3 Å². The molecule has 4 amide bonds. The number of carbonyl (C=O) groups is 4. The molecule has 0 unspecified atom stereocenters. The Morgan fingerprint density at radius 1 is 1.15 bits per heavy atom. The predicted molar refractivity (Wildman–Crippen MR) is 103 cm³/mol. The highest BCUT2D eigenvalue weighted by Gasteiger charge is 2.36. The number of fused-ring (bicyclic) bond motifs is 1. The van der Waals surface area contributed by atoms with Crippen LogP contribution in [0.3, 0.4) is 0 Å². The first-order chi connectivity index (χ1) is 13.0. The van der Waals surface area contributed by atoms with Gasteiger partial charge in [-0.3, -0.25) is 24.1 Å². The van der Waals surface area contributed by atoms with Gasteiger partial charge in [-0.25, -0.2) is 0 Å². The summed E-state index contributed by atoms with van der Waals surface area (Å²) in [7, 11) is 0. The first-order valence-electron chi connectivity index (χ1n) is 8.76. The highest BCUT2D eigenvalue weighted by molar-refractivity contribution is 8.00. The lowest BCUT2D eigenvalue weighted by Gasteiger charge is -2.26. The van der Waals surface area contributed by atoms with Gasteiger partial charge in [0.2, 0.25) is 11.8 Å². The summed E-state index contributed by atoms with van der Waals surface area (Å²) in [6, 6.07) is 5.04. The van der Waals surface area contributed by atoms with Crippen molar-refractivity contribution in [3.63, 3.8) is 0 Å². The SMILES string of the molecule is O=C(CSCC(=O)NC1CCC1)NCCN1C(=O)c2cccc(Cl)c2C1=O. The Morgan fingerprint density at radius 2 is 1.89 bits per heavy atom. The van der Waals surface area contributed by atoms with Crippen LogP contribution in [0, 0.1) is 0 Å². The molecule has 2 N–H and O–H groups in total. The zero-order valence-electron chi connectivity index (χ0n) is 14.6. The number of hydrogen-bond donors (Lipinski definition) is 2. The highest BCUT2D eigenvalue weighted by Crippen LogP contribution is 2.28. The molecule has 27 heavy (non-hydrogen) atoms. The third-order valence-corrected chi connectivity index (χ3v) is 5.79. The van der Waals surface area contributed by atoms with E-state index in [1.54, 1.807) is 18.2 Å². The molecule has 7 nitrogen and oxygen atoms in total. The van der Waals surface area contributed by atoms with Gasteiger partial charge in [-0.2, -0.15) is 0 Å². The Kier molecular flexibility index (Phi) is 6.38. The molecular formula is C18H20ClN3O4S. The second kappa shape index (κ2) is 8.75. The molecule has 9 heteroatoms. The summed E-state index contributed by atoms with van der Waals surface area (Å²) in [5.74, 6) is -0.774. The molecule has 0 radical (unpaired) electrons. The standard InChI is InChI=1S/C18H20ClN3O4S/c19-13-6-2-5-12-16(13)18(26)22(17(12)25)8-7-20-14(23)9-27-10-15(24)21-11-3-1-4-11/h2,5-6,11H,1,3-4,7-10H2,(H,20,23)(H,21,24). The summed E-state index contributed by atoms with van der Waals surface area (Å²) in [4.78, 5) is 49.2. The van der Waals surface area contributed by atoms with E-state index in [0.29, 0.717) is 6.04 Å². The Labute approximate surface area is 166 Å². The maximum atomic E-state index is 12.3. The lowest BCUT2D eigenvalue weighted by Crippen LogP contribution is -2.41. The molecule has 1 heterocycles. The normalized spacial score (nSPS) is 16.1. The second-order valence-electron chi connectivity index (χ2n) is 6.46. The molecular weight excluding hydrogens is 390 g/mol. The summed E-state index contributed by atoms with van der Waals surface area (Å²) >= 11 is 7.23. The summed E-state index contributed by atoms with van der Waals surface area (Å²) in [6.07, 6.45) is 3.21. The van der Waals surface area contributed by atoms with Crippen LogP contribution >= 0.6 is 23.4 Å². The monoisotopic (exact) mass is 409 g/mol. The number of carbonyl (C=O) groups excluding carboxylic acids is 4. The number of nitrogens with zero attached hydrogens (tertiary/aromatic N) is 1. The molecule has 0 bridgehead atoms. The van der Waals surface area contributed by atoms with Crippen LogP contribution in [-0.4, -0.2) is 59.2 Å². The average Bonchev–Trinajstić information content (AvgIpc) is 2.84. The van der Waals surface area contributed by atoms with Gasteiger partial charge in [0.1, 0.15) is 0 Å². The van der Waals surface area contributed by atoms with Crippen molar-refractivity contribution in [3.05, 3.63) is 34.3 Å². The van der Waals surface area contributed by atoms with E-state index >= 15 is 0 Å². The molecule has 1 aromatic rings. The quantitative estimate of drug-likeness (QED) is 0.633. The van der Waals surface area contributed by atoms with E-state index in [-0.39, 0.29) is 52.6 Å². The average molecular weight is 410 g/mol. The van der Waals surface area contributed by atoms with Crippen LogP contribution in [0.5, 0.6) is 0 Å². The highest BCUT2D eigenvalue weighted by atomic mass is 35.5. The number of hydrogen-bond acceptors (Lipinski definition) is 5. The van der Waals surface area contributed by atoms with Crippen LogP contribution in [-0.2, 0) is 9.59 Å². The van der Waals surface area contributed by atoms with Gasteiger partial charge >= 0.3 is 0 Å². The van der Waals surface area contributed by atoms with E-state index in [1.165, 1.54) is 11.8 Å². The summed E-state index contributed by atoms with van der Waals surface area (Å²) in [5, 5.41) is 5.81. The second-order valence-corrected chi connectivity index (χ2v) is 7.86. The zero-order valence-corrected chi connectivity index (χ0v) is 16.2. The van der Waals surface area contributed by atoms with Gasteiger partial charge in [0, 0.05) is 19.1 Å². The molecule has 0 spiro atoms. The number of rotatable bonds is 8. The van der Waals surface area contributed by atoms with Gasteiger partial charge in [0.25, 0.3) is 11.8 Å². The molecule has 1 aromatic carbocycles. The number of halogens is 1. The number of nitrogens with one attached hydrogen (secondary N) is 2. The minimum atomic E-state index is -0.447. The molecule has 0 saturated heterocycles. The lowest BCUT2D eigenvalue weighted by molar-refractivity contribution is -0.119. The van der Waals surface area contributed by atoms with Crippen LogP contribution in [0.1, 0.15) is 40.0 Å². The number of thioether (sulfide) groups is 1. The molecule has 1 fully saturated rings. The first-order valence-corrected chi connectivity index (χ1v) is 10.3. The summed E-state index contributed by atoms with van der Waals surface area (Å²) in [6.45, 7) is 0.220. The van der Waals surface area contributed by atoms with Gasteiger partial charge in [-0.15, -0.1) is 11.8 Å². The smallest absolute Gasteiger partial charge is 0.263 e. The van der Waals surface area contributed by atoms with Crippen molar-refractivity contribution in [1.29, 1.82) is 0 Å². The number of benzene rings is 1. The van der Waals surface area contributed by atoms with E-state index < -0.39 is 11.8 Å². The van der Waals surface area contributed by atoms with E-state index in [4.69, 9.17) is 11.6 Å². The van der Waals surface area contributed by atoms with Crippen LogP contribution in [0.25, 0.3) is 0 Å². The zero-order chi connectivity index (χ0) is 19.4. The van der Waals surface area contributed by atoms with Crippen molar-refractivity contribution < 1.29 is 19.2 Å². The van der Waals surface area contributed by atoms with Crippen LogP contribution in [0.2, 0.25) is 5.02 Å². The number of imide groups is 1. The third kappa shape index (κ3) is 4.62. The largest absolute Gasteiger partial charge is 0.354 e.